The molecule has 0 saturated heterocycles. The van der Waals surface area contributed by atoms with E-state index >= 15 is 0 Å². The number of anilines is 1. The third-order valence-corrected chi connectivity index (χ3v) is 3.03. The van der Waals surface area contributed by atoms with Gasteiger partial charge in [-0.3, -0.25) is 4.79 Å². The van der Waals surface area contributed by atoms with Crippen molar-refractivity contribution in [3.63, 3.8) is 0 Å². The number of carbonyl (C=O) groups is 1. The number of rotatable bonds is 2. The van der Waals surface area contributed by atoms with Crippen molar-refractivity contribution in [1.82, 2.24) is 10.1 Å². The van der Waals surface area contributed by atoms with Gasteiger partial charge in [-0.05, 0) is 18.1 Å². The molecule has 1 amide bonds. The van der Waals surface area contributed by atoms with Crippen molar-refractivity contribution in [2.24, 2.45) is 5.73 Å². The lowest BCUT2D eigenvalue weighted by molar-refractivity contribution is 0.0987. The Labute approximate surface area is 103 Å². The molecule has 6 heteroatoms. The van der Waals surface area contributed by atoms with E-state index in [4.69, 9.17) is 10.3 Å². The second kappa shape index (κ2) is 4.14. The highest BCUT2D eigenvalue weighted by Gasteiger charge is 2.25. The van der Waals surface area contributed by atoms with Crippen LogP contribution in [0.2, 0.25) is 0 Å². The second-order valence-corrected chi connectivity index (χ2v) is 4.26. The van der Waals surface area contributed by atoms with Crippen molar-refractivity contribution in [2.75, 3.05) is 11.9 Å². The first-order valence-electron chi connectivity index (χ1n) is 5.69. The molecule has 0 fully saturated rings. The van der Waals surface area contributed by atoms with Crippen LogP contribution in [0, 0.1) is 0 Å². The maximum absolute atomic E-state index is 10.9. The van der Waals surface area contributed by atoms with Crippen molar-refractivity contribution in [2.45, 2.75) is 12.3 Å². The van der Waals surface area contributed by atoms with Gasteiger partial charge in [-0.2, -0.15) is 4.98 Å². The number of benzene rings is 1. The first-order valence-corrected chi connectivity index (χ1v) is 5.69. The normalized spacial score (nSPS) is 17.9. The molecule has 1 aliphatic rings. The zero-order valence-electron chi connectivity index (χ0n) is 9.59. The number of hydrogen-bond donors (Lipinski definition) is 2. The molecule has 3 N–H and O–H groups in total. The third-order valence-electron chi connectivity index (χ3n) is 3.03. The van der Waals surface area contributed by atoms with Gasteiger partial charge in [-0.25, -0.2) is 0 Å². The van der Waals surface area contributed by atoms with Gasteiger partial charge in [0, 0.05) is 12.2 Å². The van der Waals surface area contributed by atoms with E-state index in [2.05, 4.69) is 21.5 Å². The Balaban J connectivity index is 1.85. The largest absolute Gasteiger partial charge is 0.384 e. The number of fused-ring (bicyclic) bond motifs is 1. The number of aromatic nitrogens is 2. The number of hydrogen-bond acceptors (Lipinski definition) is 5. The molecule has 0 radical (unpaired) electrons. The molecule has 6 nitrogen and oxygen atoms in total. The molecule has 2 aromatic rings. The standard InChI is InChI=1S/C12H12N4O2/c13-10(17)11-15-12(18-16-11)8-5-7-3-1-2-4-9(7)14-6-8/h1-4,8,14H,5-6H2,(H2,13,17). The number of nitrogens with zero attached hydrogens (tertiary/aromatic N) is 2. The van der Waals surface area contributed by atoms with Gasteiger partial charge in [0.15, 0.2) is 0 Å². The Hall–Kier alpha value is -2.37. The Morgan fingerprint density at radius 2 is 2.28 bits per heavy atom. The molecule has 0 spiro atoms. The lowest BCUT2D eigenvalue weighted by Crippen LogP contribution is -2.22. The van der Waals surface area contributed by atoms with Gasteiger partial charge in [0.2, 0.25) is 5.89 Å². The summed E-state index contributed by atoms with van der Waals surface area (Å²) in [6.45, 7) is 0.706. The second-order valence-electron chi connectivity index (χ2n) is 4.26. The van der Waals surface area contributed by atoms with Crippen LogP contribution >= 0.6 is 0 Å². The molecular formula is C12H12N4O2. The molecule has 1 aromatic heterocycles. The summed E-state index contributed by atoms with van der Waals surface area (Å²) in [5.74, 6) is -0.218. The van der Waals surface area contributed by atoms with E-state index in [0.29, 0.717) is 12.4 Å². The van der Waals surface area contributed by atoms with Gasteiger partial charge in [-0.1, -0.05) is 23.4 Å². The zero-order chi connectivity index (χ0) is 12.5. The van der Waals surface area contributed by atoms with Crippen LogP contribution in [0.3, 0.4) is 0 Å². The Bertz CT molecular complexity index is 593. The van der Waals surface area contributed by atoms with Gasteiger partial charge in [0.25, 0.3) is 11.7 Å². The highest BCUT2D eigenvalue weighted by atomic mass is 16.5. The summed E-state index contributed by atoms with van der Waals surface area (Å²) >= 11 is 0. The molecule has 92 valence electrons. The maximum Gasteiger partial charge on any atom is 0.290 e. The Morgan fingerprint density at radius 1 is 1.44 bits per heavy atom. The summed E-state index contributed by atoms with van der Waals surface area (Å²) in [6.07, 6.45) is 0.809. The van der Waals surface area contributed by atoms with E-state index in [-0.39, 0.29) is 11.7 Å². The summed E-state index contributed by atoms with van der Waals surface area (Å²) in [5.41, 5.74) is 7.42. The lowest BCUT2D eigenvalue weighted by Gasteiger charge is -2.23. The van der Waals surface area contributed by atoms with Crippen LogP contribution in [0.5, 0.6) is 0 Å². The van der Waals surface area contributed by atoms with Crippen molar-refractivity contribution in [1.29, 1.82) is 0 Å². The van der Waals surface area contributed by atoms with E-state index in [9.17, 15) is 4.79 Å². The minimum atomic E-state index is -0.672. The number of nitrogens with one attached hydrogen (secondary N) is 1. The number of carbonyl (C=O) groups excluding carboxylic acids is 1. The lowest BCUT2D eigenvalue weighted by atomic mass is 9.94. The quantitative estimate of drug-likeness (QED) is 0.819. The minimum absolute atomic E-state index is 0.0659. The summed E-state index contributed by atoms with van der Waals surface area (Å²) in [5, 5.41) is 6.86. The molecule has 0 saturated carbocycles. The average Bonchev–Trinajstić information content (AvgIpc) is 2.88. The zero-order valence-corrected chi connectivity index (χ0v) is 9.59. The monoisotopic (exact) mass is 244 g/mol. The van der Waals surface area contributed by atoms with Gasteiger partial charge in [0.1, 0.15) is 0 Å². The third kappa shape index (κ3) is 1.81. The fourth-order valence-corrected chi connectivity index (χ4v) is 2.12. The van der Waals surface area contributed by atoms with Crippen LogP contribution in [-0.2, 0) is 6.42 Å². The molecular weight excluding hydrogens is 232 g/mol. The highest BCUT2D eigenvalue weighted by Crippen LogP contribution is 2.29. The highest BCUT2D eigenvalue weighted by molar-refractivity contribution is 5.88. The fraction of sp³-hybridized carbons (Fsp3) is 0.250. The molecule has 0 bridgehead atoms. The molecule has 0 aliphatic carbocycles. The van der Waals surface area contributed by atoms with Crippen molar-refractivity contribution in [3.05, 3.63) is 41.5 Å². The van der Waals surface area contributed by atoms with E-state index in [1.165, 1.54) is 5.56 Å². The molecule has 1 aromatic carbocycles. The number of nitrogens with two attached hydrogens (primary N) is 1. The van der Waals surface area contributed by atoms with Crippen molar-refractivity contribution < 1.29 is 9.32 Å². The maximum atomic E-state index is 10.9. The average molecular weight is 244 g/mol. The summed E-state index contributed by atoms with van der Waals surface area (Å²) in [7, 11) is 0. The van der Waals surface area contributed by atoms with Crippen LogP contribution < -0.4 is 11.1 Å². The molecule has 18 heavy (non-hydrogen) atoms. The van der Waals surface area contributed by atoms with Crippen LogP contribution in [0.25, 0.3) is 0 Å². The van der Waals surface area contributed by atoms with Crippen LogP contribution in [0.4, 0.5) is 5.69 Å². The number of primary amides is 1. The molecule has 1 aliphatic heterocycles. The predicted octanol–water partition coefficient (Wildman–Crippen LogP) is 0.920. The van der Waals surface area contributed by atoms with E-state index < -0.39 is 5.91 Å². The van der Waals surface area contributed by atoms with E-state index in [0.717, 1.165) is 12.1 Å². The molecule has 3 rings (SSSR count). The van der Waals surface area contributed by atoms with Crippen molar-refractivity contribution >= 4 is 11.6 Å². The van der Waals surface area contributed by atoms with Crippen molar-refractivity contribution in [3.8, 4) is 0 Å². The molecule has 1 atom stereocenters. The van der Waals surface area contributed by atoms with Gasteiger partial charge in [-0.15, -0.1) is 0 Å². The van der Waals surface area contributed by atoms with Crippen LogP contribution in [-0.4, -0.2) is 22.6 Å². The van der Waals surface area contributed by atoms with Gasteiger partial charge >= 0.3 is 0 Å². The predicted molar refractivity (Wildman–Crippen MR) is 64.2 cm³/mol. The van der Waals surface area contributed by atoms with Crippen LogP contribution in [0.15, 0.2) is 28.8 Å². The van der Waals surface area contributed by atoms with E-state index in [1.54, 1.807) is 0 Å². The number of amides is 1. The fourth-order valence-electron chi connectivity index (χ4n) is 2.12. The van der Waals surface area contributed by atoms with Gasteiger partial charge in [0.05, 0.1) is 5.92 Å². The van der Waals surface area contributed by atoms with Crippen LogP contribution in [0.1, 0.15) is 28.0 Å². The summed E-state index contributed by atoms with van der Waals surface area (Å²) in [6, 6.07) is 8.07. The first kappa shape index (κ1) is 10.8. The Kier molecular flexibility index (Phi) is 2.47. The van der Waals surface area contributed by atoms with Gasteiger partial charge < -0.3 is 15.6 Å². The first-order chi connectivity index (χ1) is 8.74. The number of para-hydroxylation sites is 1. The summed E-state index contributed by atoms with van der Waals surface area (Å²) < 4.78 is 5.08. The SMILES string of the molecule is NC(=O)c1noc(C2CNc3ccccc3C2)n1. The smallest absolute Gasteiger partial charge is 0.290 e. The Morgan fingerprint density at radius 3 is 3.06 bits per heavy atom. The summed E-state index contributed by atoms with van der Waals surface area (Å²) in [4.78, 5) is 14.9. The molecule has 2 heterocycles. The minimum Gasteiger partial charge on any atom is -0.384 e. The topological polar surface area (TPSA) is 94.0 Å². The molecule has 1 unspecified atom stereocenters. The van der Waals surface area contributed by atoms with E-state index in [1.807, 2.05) is 18.2 Å².